The average Bonchev–Trinajstić information content (AvgIpc) is 3.78. The standard InChI is InChI=1S/C27H31ClFN3O3/c28-22-13-21(22)17-35-26-15-20(14-25(29)32-26)27(34)31-23(12-19-7-2-1-3-8-19)24(33)16-30-11-5-4-6-18-9-10-18/h1-3,7-8,14-15,18,21-24,30,33H,6,9-13,16-17H2,(H,31,34). The van der Waals surface area contributed by atoms with Crippen LogP contribution in [-0.4, -0.2) is 53.2 Å². The predicted molar refractivity (Wildman–Crippen MR) is 133 cm³/mol. The van der Waals surface area contributed by atoms with Crippen LogP contribution in [0.25, 0.3) is 0 Å². The van der Waals surface area contributed by atoms with Crippen molar-refractivity contribution in [2.75, 3.05) is 19.7 Å². The molecule has 1 amide bonds. The van der Waals surface area contributed by atoms with Crippen molar-refractivity contribution < 1.29 is 19.0 Å². The molecule has 4 rings (SSSR count). The summed E-state index contributed by atoms with van der Waals surface area (Å²) in [5.41, 5.74) is 1.04. The van der Waals surface area contributed by atoms with Gasteiger partial charge in [-0.1, -0.05) is 36.3 Å². The predicted octanol–water partition coefficient (Wildman–Crippen LogP) is 3.32. The summed E-state index contributed by atoms with van der Waals surface area (Å²) < 4.78 is 19.6. The Morgan fingerprint density at radius 3 is 2.74 bits per heavy atom. The number of nitrogens with zero attached hydrogens (tertiary/aromatic N) is 1. The summed E-state index contributed by atoms with van der Waals surface area (Å²) in [6, 6.07) is 11.5. The third-order valence-corrected chi connectivity index (χ3v) is 6.71. The van der Waals surface area contributed by atoms with Crippen molar-refractivity contribution >= 4 is 17.5 Å². The van der Waals surface area contributed by atoms with E-state index in [1.807, 2.05) is 30.3 Å². The Morgan fingerprint density at radius 2 is 2.03 bits per heavy atom. The molecule has 4 unspecified atom stereocenters. The second kappa shape index (κ2) is 12.3. The highest BCUT2D eigenvalue weighted by Crippen LogP contribution is 2.36. The van der Waals surface area contributed by atoms with E-state index in [9.17, 15) is 14.3 Å². The van der Waals surface area contributed by atoms with Gasteiger partial charge in [-0.05, 0) is 37.2 Å². The van der Waals surface area contributed by atoms with Crippen LogP contribution in [-0.2, 0) is 6.42 Å². The first-order valence-electron chi connectivity index (χ1n) is 12.1. The van der Waals surface area contributed by atoms with Crippen molar-refractivity contribution in [3.05, 3.63) is 59.5 Å². The number of carbonyl (C=O) groups excluding carboxylic acids is 1. The number of aromatic nitrogens is 1. The van der Waals surface area contributed by atoms with Gasteiger partial charge < -0.3 is 20.5 Å². The average molecular weight is 500 g/mol. The molecule has 2 aliphatic rings. The zero-order chi connectivity index (χ0) is 24.6. The molecule has 8 heteroatoms. The van der Waals surface area contributed by atoms with E-state index in [0.29, 0.717) is 19.6 Å². The van der Waals surface area contributed by atoms with Crippen molar-refractivity contribution in [2.45, 2.75) is 49.6 Å². The number of alkyl halides is 1. The SMILES string of the molecule is O=C(NC(Cc1ccccc1)C(O)CNCC#CCC1CC1)c1cc(F)nc(OCC2CC2Cl)c1. The summed E-state index contributed by atoms with van der Waals surface area (Å²) in [7, 11) is 0. The molecule has 2 aliphatic carbocycles. The highest BCUT2D eigenvalue weighted by molar-refractivity contribution is 6.22. The topological polar surface area (TPSA) is 83.5 Å². The number of benzene rings is 1. The van der Waals surface area contributed by atoms with Crippen LogP contribution in [0.5, 0.6) is 5.88 Å². The van der Waals surface area contributed by atoms with Gasteiger partial charge in [0.05, 0.1) is 25.3 Å². The number of hydrogen-bond acceptors (Lipinski definition) is 5. The molecule has 2 aromatic rings. The number of pyridine rings is 1. The highest BCUT2D eigenvalue weighted by Gasteiger charge is 2.36. The second-order valence-electron chi connectivity index (χ2n) is 9.31. The number of ether oxygens (including phenoxy) is 1. The number of halogens is 2. The molecule has 2 fully saturated rings. The van der Waals surface area contributed by atoms with Gasteiger partial charge in [-0.2, -0.15) is 9.37 Å². The van der Waals surface area contributed by atoms with Crippen molar-refractivity contribution in [3.8, 4) is 17.7 Å². The molecule has 186 valence electrons. The molecular formula is C27H31ClFN3O3. The van der Waals surface area contributed by atoms with Crippen LogP contribution in [0.3, 0.4) is 0 Å². The lowest BCUT2D eigenvalue weighted by Crippen LogP contribution is -2.48. The number of amides is 1. The summed E-state index contributed by atoms with van der Waals surface area (Å²) in [5, 5.41) is 16.9. The third-order valence-electron chi connectivity index (χ3n) is 6.17. The Kier molecular flexibility index (Phi) is 8.97. The number of aliphatic hydroxyl groups is 1. The number of rotatable bonds is 12. The fraction of sp³-hybridized carbons (Fsp3) is 0.481. The van der Waals surface area contributed by atoms with Crippen LogP contribution < -0.4 is 15.4 Å². The quantitative estimate of drug-likeness (QED) is 0.181. The van der Waals surface area contributed by atoms with Crippen molar-refractivity contribution in [1.29, 1.82) is 0 Å². The van der Waals surface area contributed by atoms with Gasteiger partial charge in [0.15, 0.2) is 0 Å². The van der Waals surface area contributed by atoms with Crippen LogP contribution in [0.1, 0.15) is 41.6 Å². The second-order valence-corrected chi connectivity index (χ2v) is 9.87. The van der Waals surface area contributed by atoms with Crippen LogP contribution >= 0.6 is 11.6 Å². The normalized spacial score (nSPS) is 20.3. The van der Waals surface area contributed by atoms with E-state index in [4.69, 9.17) is 16.3 Å². The van der Waals surface area contributed by atoms with Gasteiger partial charge in [0.2, 0.25) is 11.8 Å². The molecule has 4 atom stereocenters. The fourth-order valence-electron chi connectivity index (χ4n) is 3.68. The van der Waals surface area contributed by atoms with Gasteiger partial charge in [-0.3, -0.25) is 4.79 Å². The first-order valence-corrected chi connectivity index (χ1v) is 12.6. The van der Waals surface area contributed by atoms with Crippen LogP contribution in [0.2, 0.25) is 0 Å². The largest absolute Gasteiger partial charge is 0.477 e. The lowest BCUT2D eigenvalue weighted by Gasteiger charge is -2.24. The van der Waals surface area contributed by atoms with Gasteiger partial charge in [-0.15, -0.1) is 17.5 Å². The minimum absolute atomic E-state index is 0.0394. The van der Waals surface area contributed by atoms with E-state index in [1.54, 1.807) is 0 Å². The molecule has 0 radical (unpaired) electrons. The van der Waals surface area contributed by atoms with Gasteiger partial charge in [0, 0.05) is 42.0 Å². The van der Waals surface area contributed by atoms with Crippen molar-refractivity contribution in [1.82, 2.24) is 15.6 Å². The monoisotopic (exact) mass is 499 g/mol. The first-order chi connectivity index (χ1) is 17.0. The Morgan fingerprint density at radius 1 is 1.26 bits per heavy atom. The molecule has 1 heterocycles. The molecule has 0 spiro atoms. The zero-order valence-electron chi connectivity index (χ0n) is 19.6. The maximum atomic E-state index is 14.1. The fourth-order valence-corrected chi connectivity index (χ4v) is 3.98. The minimum Gasteiger partial charge on any atom is -0.477 e. The van der Waals surface area contributed by atoms with Gasteiger partial charge >= 0.3 is 0 Å². The summed E-state index contributed by atoms with van der Waals surface area (Å²) in [6.07, 6.45) is 3.86. The molecule has 0 saturated heterocycles. The maximum absolute atomic E-state index is 14.1. The van der Waals surface area contributed by atoms with Gasteiger partial charge in [-0.25, -0.2) is 0 Å². The molecule has 6 nitrogen and oxygen atoms in total. The van der Waals surface area contributed by atoms with E-state index < -0.39 is 24.0 Å². The number of aliphatic hydroxyl groups excluding tert-OH is 1. The van der Waals surface area contributed by atoms with Crippen molar-refractivity contribution in [3.63, 3.8) is 0 Å². The Balaban J connectivity index is 1.36. The smallest absolute Gasteiger partial charge is 0.251 e. The Hall–Kier alpha value is -2.66. The lowest BCUT2D eigenvalue weighted by atomic mass is 10.0. The Labute approximate surface area is 210 Å². The maximum Gasteiger partial charge on any atom is 0.251 e. The van der Waals surface area contributed by atoms with Crippen LogP contribution in [0.4, 0.5) is 4.39 Å². The zero-order valence-corrected chi connectivity index (χ0v) is 20.3. The third kappa shape index (κ3) is 8.50. The van der Waals surface area contributed by atoms with Gasteiger partial charge in [0.1, 0.15) is 0 Å². The summed E-state index contributed by atoms with van der Waals surface area (Å²) >= 11 is 5.99. The summed E-state index contributed by atoms with van der Waals surface area (Å²) in [4.78, 5) is 16.7. The van der Waals surface area contributed by atoms with E-state index in [2.05, 4.69) is 27.5 Å². The minimum atomic E-state index is -0.873. The summed E-state index contributed by atoms with van der Waals surface area (Å²) in [5.74, 6) is 5.92. The molecule has 0 aliphatic heterocycles. The summed E-state index contributed by atoms with van der Waals surface area (Å²) in [6.45, 7) is 1.06. The molecule has 35 heavy (non-hydrogen) atoms. The van der Waals surface area contributed by atoms with Gasteiger partial charge in [0.25, 0.3) is 5.91 Å². The molecule has 1 aromatic heterocycles. The van der Waals surface area contributed by atoms with Crippen LogP contribution in [0, 0.1) is 29.6 Å². The Bertz CT molecular complexity index is 1050. The first kappa shape index (κ1) is 25.4. The van der Waals surface area contributed by atoms with E-state index in [-0.39, 0.29) is 29.3 Å². The van der Waals surface area contributed by atoms with E-state index in [1.165, 1.54) is 18.9 Å². The molecule has 2 saturated carbocycles. The number of nitrogens with one attached hydrogen (secondary N) is 2. The number of hydrogen-bond donors (Lipinski definition) is 3. The highest BCUT2D eigenvalue weighted by atomic mass is 35.5. The van der Waals surface area contributed by atoms with E-state index in [0.717, 1.165) is 30.4 Å². The van der Waals surface area contributed by atoms with Crippen LogP contribution in [0.15, 0.2) is 42.5 Å². The lowest BCUT2D eigenvalue weighted by molar-refractivity contribution is 0.0831. The van der Waals surface area contributed by atoms with Crippen molar-refractivity contribution in [2.24, 2.45) is 11.8 Å². The molecule has 1 aromatic carbocycles. The molecular weight excluding hydrogens is 469 g/mol. The number of carbonyl (C=O) groups is 1. The van der Waals surface area contributed by atoms with E-state index >= 15 is 0 Å². The molecule has 0 bridgehead atoms. The molecule has 3 N–H and O–H groups in total.